The molecule has 1 saturated heterocycles. The second kappa shape index (κ2) is 12.6. The van der Waals surface area contributed by atoms with Gasteiger partial charge in [0.05, 0.1) is 0 Å². The van der Waals surface area contributed by atoms with Gasteiger partial charge >= 0.3 is 0 Å². The van der Waals surface area contributed by atoms with Crippen LogP contribution in [-0.4, -0.2) is 75.2 Å². The van der Waals surface area contributed by atoms with E-state index in [9.17, 15) is 0 Å². The fourth-order valence-corrected chi connectivity index (χ4v) is 2.76. The van der Waals surface area contributed by atoms with Gasteiger partial charge in [-0.25, -0.2) is 0 Å². The van der Waals surface area contributed by atoms with Crippen LogP contribution in [0.15, 0.2) is 0 Å². The Balaban J connectivity index is 1.91. The van der Waals surface area contributed by atoms with Crippen LogP contribution in [0.5, 0.6) is 0 Å². The predicted molar refractivity (Wildman–Crippen MR) is 88.4 cm³/mol. The van der Waals surface area contributed by atoms with Gasteiger partial charge in [0.2, 0.25) is 0 Å². The van der Waals surface area contributed by atoms with Crippen LogP contribution in [0.1, 0.15) is 39.5 Å². The lowest BCUT2D eigenvalue weighted by molar-refractivity contribution is 0.129. The molecular formula is C16H36N4. The van der Waals surface area contributed by atoms with Crippen molar-refractivity contribution in [2.75, 3.05) is 65.4 Å². The highest BCUT2D eigenvalue weighted by atomic mass is 15.3. The number of nitrogens with zero attached hydrogens (tertiary/aromatic N) is 2. The van der Waals surface area contributed by atoms with Crippen molar-refractivity contribution in [2.24, 2.45) is 0 Å². The minimum atomic E-state index is 1.10. The molecule has 0 spiro atoms. The van der Waals surface area contributed by atoms with Crippen molar-refractivity contribution in [3.8, 4) is 0 Å². The summed E-state index contributed by atoms with van der Waals surface area (Å²) in [6.07, 6.45) is 5.32. The summed E-state index contributed by atoms with van der Waals surface area (Å²) in [5.74, 6) is 0. The van der Waals surface area contributed by atoms with Gasteiger partial charge in [-0.3, -0.25) is 0 Å². The molecule has 1 heterocycles. The molecule has 1 aliphatic heterocycles. The normalized spacial score (nSPS) is 17.7. The molecule has 2 N–H and O–H groups in total. The molecule has 0 unspecified atom stereocenters. The molecule has 0 radical (unpaired) electrons. The third kappa shape index (κ3) is 8.90. The molecule has 120 valence electrons. The first-order valence-electron chi connectivity index (χ1n) is 8.73. The monoisotopic (exact) mass is 284 g/mol. The number of rotatable bonds is 12. The van der Waals surface area contributed by atoms with Gasteiger partial charge in [0.1, 0.15) is 0 Å². The third-order valence-corrected chi connectivity index (χ3v) is 4.12. The average molecular weight is 284 g/mol. The zero-order chi connectivity index (χ0) is 14.5. The van der Waals surface area contributed by atoms with Crippen LogP contribution >= 0.6 is 0 Å². The van der Waals surface area contributed by atoms with E-state index in [1.807, 2.05) is 0 Å². The molecule has 4 nitrogen and oxygen atoms in total. The van der Waals surface area contributed by atoms with Crippen LogP contribution in [0, 0.1) is 0 Å². The number of piperazine rings is 1. The Morgan fingerprint density at radius 3 is 1.40 bits per heavy atom. The molecular weight excluding hydrogens is 248 g/mol. The summed E-state index contributed by atoms with van der Waals surface area (Å²) >= 11 is 0. The smallest absolute Gasteiger partial charge is 0.0110 e. The number of unbranched alkanes of at least 4 members (excludes halogenated alkanes) is 2. The van der Waals surface area contributed by atoms with Crippen molar-refractivity contribution < 1.29 is 0 Å². The van der Waals surface area contributed by atoms with E-state index < -0.39 is 0 Å². The second-order valence-electron chi connectivity index (χ2n) is 5.80. The molecule has 20 heavy (non-hydrogen) atoms. The van der Waals surface area contributed by atoms with Gasteiger partial charge in [-0.15, -0.1) is 0 Å². The van der Waals surface area contributed by atoms with Gasteiger partial charge in [-0.1, -0.05) is 13.8 Å². The van der Waals surface area contributed by atoms with E-state index in [1.165, 1.54) is 78.0 Å². The van der Waals surface area contributed by atoms with Crippen molar-refractivity contribution >= 4 is 0 Å². The quantitative estimate of drug-likeness (QED) is 0.530. The topological polar surface area (TPSA) is 30.5 Å². The van der Waals surface area contributed by atoms with E-state index in [1.54, 1.807) is 0 Å². The second-order valence-corrected chi connectivity index (χ2v) is 5.80. The summed E-state index contributed by atoms with van der Waals surface area (Å²) in [4.78, 5) is 5.28. The van der Waals surface area contributed by atoms with Crippen molar-refractivity contribution in [2.45, 2.75) is 39.5 Å². The molecule has 0 aromatic carbocycles. The average Bonchev–Trinajstić information content (AvgIpc) is 2.48. The predicted octanol–water partition coefficient (Wildman–Crippen LogP) is 1.38. The minimum Gasteiger partial charge on any atom is -0.317 e. The lowest BCUT2D eigenvalue weighted by Crippen LogP contribution is -2.46. The summed E-state index contributed by atoms with van der Waals surface area (Å²) in [5.41, 5.74) is 0. The van der Waals surface area contributed by atoms with Crippen LogP contribution in [0.25, 0.3) is 0 Å². The number of nitrogens with one attached hydrogen (secondary N) is 2. The Bertz CT molecular complexity index is 181. The van der Waals surface area contributed by atoms with Gasteiger partial charge in [0.15, 0.2) is 0 Å². The van der Waals surface area contributed by atoms with Gasteiger partial charge < -0.3 is 20.4 Å². The summed E-state index contributed by atoms with van der Waals surface area (Å²) < 4.78 is 0. The molecule has 1 rings (SSSR count). The van der Waals surface area contributed by atoms with Crippen molar-refractivity contribution in [1.82, 2.24) is 20.4 Å². The lowest BCUT2D eigenvalue weighted by Gasteiger charge is -2.34. The molecule has 1 fully saturated rings. The van der Waals surface area contributed by atoms with E-state index in [0.29, 0.717) is 0 Å². The van der Waals surface area contributed by atoms with Crippen molar-refractivity contribution in [3.63, 3.8) is 0 Å². The first kappa shape index (κ1) is 17.9. The third-order valence-electron chi connectivity index (χ3n) is 4.12. The Kier molecular flexibility index (Phi) is 11.2. The van der Waals surface area contributed by atoms with Crippen LogP contribution in [-0.2, 0) is 0 Å². The molecule has 0 aliphatic carbocycles. The maximum absolute atomic E-state index is 3.40. The zero-order valence-corrected chi connectivity index (χ0v) is 13.8. The maximum Gasteiger partial charge on any atom is 0.0110 e. The standard InChI is InChI=1S/C16H36N4/c1-3-17-9-5-7-11-19-13-15-20(16-14-19)12-8-6-10-18-4-2/h17-18H,3-16H2,1-2H3. The summed E-state index contributed by atoms with van der Waals surface area (Å²) in [6, 6.07) is 0. The van der Waals surface area contributed by atoms with E-state index in [0.717, 1.165) is 13.1 Å². The Hall–Kier alpha value is -0.160. The molecule has 0 aromatic rings. The van der Waals surface area contributed by atoms with Gasteiger partial charge in [-0.05, 0) is 65.0 Å². The van der Waals surface area contributed by atoms with E-state index in [2.05, 4.69) is 34.3 Å². The highest BCUT2D eigenvalue weighted by Crippen LogP contribution is 2.04. The lowest BCUT2D eigenvalue weighted by atomic mass is 10.2. The largest absolute Gasteiger partial charge is 0.317 e. The summed E-state index contributed by atoms with van der Waals surface area (Å²) in [6.45, 7) is 16.6. The van der Waals surface area contributed by atoms with E-state index >= 15 is 0 Å². The van der Waals surface area contributed by atoms with Crippen LogP contribution in [0.2, 0.25) is 0 Å². The van der Waals surface area contributed by atoms with Crippen LogP contribution in [0.3, 0.4) is 0 Å². The van der Waals surface area contributed by atoms with Gasteiger partial charge in [0, 0.05) is 26.2 Å². The fourth-order valence-electron chi connectivity index (χ4n) is 2.76. The van der Waals surface area contributed by atoms with E-state index in [4.69, 9.17) is 0 Å². The highest BCUT2D eigenvalue weighted by Gasteiger charge is 2.15. The first-order chi connectivity index (χ1) is 9.86. The number of hydrogen-bond acceptors (Lipinski definition) is 4. The molecule has 1 aliphatic rings. The van der Waals surface area contributed by atoms with Crippen molar-refractivity contribution in [3.05, 3.63) is 0 Å². The number of hydrogen-bond donors (Lipinski definition) is 2. The molecule has 0 aromatic heterocycles. The van der Waals surface area contributed by atoms with E-state index in [-0.39, 0.29) is 0 Å². The Morgan fingerprint density at radius 2 is 1.05 bits per heavy atom. The first-order valence-corrected chi connectivity index (χ1v) is 8.73. The molecule has 4 heteroatoms. The Labute approximate surface area is 126 Å². The highest BCUT2D eigenvalue weighted by molar-refractivity contribution is 4.72. The van der Waals surface area contributed by atoms with Crippen LogP contribution < -0.4 is 10.6 Å². The van der Waals surface area contributed by atoms with Gasteiger partial charge in [0.25, 0.3) is 0 Å². The summed E-state index contributed by atoms with van der Waals surface area (Å²) in [7, 11) is 0. The van der Waals surface area contributed by atoms with Gasteiger partial charge in [-0.2, -0.15) is 0 Å². The van der Waals surface area contributed by atoms with Crippen molar-refractivity contribution in [1.29, 1.82) is 0 Å². The molecule has 0 atom stereocenters. The minimum absolute atomic E-state index is 1.10. The molecule has 0 amide bonds. The fraction of sp³-hybridized carbons (Fsp3) is 1.00. The molecule has 0 saturated carbocycles. The zero-order valence-electron chi connectivity index (χ0n) is 13.8. The SMILES string of the molecule is CCNCCCCN1CCN(CCCCNCC)CC1. The van der Waals surface area contributed by atoms with Crippen LogP contribution in [0.4, 0.5) is 0 Å². The Morgan fingerprint density at radius 1 is 0.650 bits per heavy atom. The maximum atomic E-state index is 3.40. The molecule has 0 bridgehead atoms. The summed E-state index contributed by atoms with van der Waals surface area (Å²) in [5, 5.41) is 6.80.